The van der Waals surface area contributed by atoms with E-state index in [0.29, 0.717) is 11.3 Å². The third kappa shape index (κ3) is 5.27. The van der Waals surface area contributed by atoms with E-state index in [-0.39, 0.29) is 22.9 Å². The molecule has 0 fully saturated rings. The van der Waals surface area contributed by atoms with E-state index in [1.54, 1.807) is 26.0 Å². The number of carbonyl (C=O) groups excluding carboxylic acids is 1. The maximum atomic E-state index is 13.1. The molecule has 3 nitrogen and oxygen atoms in total. The molecule has 0 aliphatic carbocycles. The molecule has 0 amide bonds. The van der Waals surface area contributed by atoms with Crippen LogP contribution in [0.5, 0.6) is 5.75 Å². The first-order valence-electron chi connectivity index (χ1n) is 12.4. The fourth-order valence-corrected chi connectivity index (χ4v) is 7.15. The summed E-state index contributed by atoms with van der Waals surface area (Å²) in [5.74, 6) is 5.71. The summed E-state index contributed by atoms with van der Waals surface area (Å²) in [6, 6.07) is 27.4. The highest BCUT2D eigenvalue weighted by Gasteiger charge is 2.25. The normalized spacial score (nSPS) is 11.3. The Labute approximate surface area is 224 Å². The maximum Gasteiger partial charge on any atom is 0.345 e. The van der Waals surface area contributed by atoms with Gasteiger partial charge in [0.1, 0.15) is 11.6 Å². The quantitative estimate of drug-likeness (QED) is 0.132. The molecule has 0 N–H and O–H groups in total. The van der Waals surface area contributed by atoms with Gasteiger partial charge in [-0.05, 0) is 87.4 Å². The van der Waals surface area contributed by atoms with Crippen molar-refractivity contribution in [2.45, 2.75) is 33.3 Å². The Hall–Kier alpha value is -4.14. The van der Waals surface area contributed by atoms with E-state index in [1.807, 2.05) is 13.8 Å². The van der Waals surface area contributed by atoms with Crippen LogP contribution in [0.1, 0.15) is 30.5 Å². The van der Waals surface area contributed by atoms with E-state index in [9.17, 15) is 9.18 Å². The van der Waals surface area contributed by atoms with Gasteiger partial charge in [0, 0.05) is 38.9 Å². The van der Waals surface area contributed by atoms with Gasteiger partial charge in [-0.15, -0.1) is 0 Å². The Balaban J connectivity index is 1.34. The average molecular weight is 524 g/mol. The Morgan fingerprint density at radius 2 is 1.42 bits per heavy atom. The number of thiophene rings is 1. The van der Waals surface area contributed by atoms with Crippen LogP contribution in [0, 0.1) is 31.5 Å². The number of benzene rings is 4. The predicted molar refractivity (Wildman–Crippen MR) is 154 cm³/mol. The van der Waals surface area contributed by atoms with Gasteiger partial charge in [-0.3, -0.25) is 0 Å². The molecular formula is C33H28FO3S+. The van der Waals surface area contributed by atoms with Crippen molar-refractivity contribution in [3.05, 3.63) is 107 Å². The zero-order valence-corrected chi connectivity index (χ0v) is 22.6. The monoisotopic (exact) mass is 523 g/mol. The minimum absolute atomic E-state index is 0.198. The third-order valence-corrected chi connectivity index (χ3v) is 8.53. The predicted octanol–water partition coefficient (Wildman–Crippen LogP) is 8.24. The Bertz CT molecular complexity index is 1640. The lowest BCUT2D eigenvalue weighted by Gasteiger charge is -2.19. The lowest BCUT2D eigenvalue weighted by atomic mass is 10.1. The molecule has 1 heterocycles. The number of esters is 1. The van der Waals surface area contributed by atoms with Crippen molar-refractivity contribution in [1.29, 1.82) is 0 Å². The number of hydrogen-bond acceptors (Lipinski definition) is 3. The maximum absolute atomic E-state index is 13.1. The SMILES string of the molecule is Cc1cc(-[s+]2c3ccccc3c3ccccc32)cc(C)c1OCC(=O)OC(C)(C)C#Cc1ccc(F)cc1. The highest BCUT2D eigenvalue weighted by atomic mass is 32.2. The van der Waals surface area contributed by atoms with Crippen LogP contribution in [0.4, 0.5) is 4.39 Å². The molecule has 5 aromatic rings. The number of hydrogen-bond donors (Lipinski definition) is 0. The van der Waals surface area contributed by atoms with Crippen molar-refractivity contribution in [1.82, 2.24) is 0 Å². The number of carbonyl (C=O) groups is 1. The van der Waals surface area contributed by atoms with E-state index in [4.69, 9.17) is 9.47 Å². The van der Waals surface area contributed by atoms with Gasteiger partial charge in [-0.25, -0.2) is 9.18 Å². The molecule has 1 aromatic heterocycles. The Kier molecular flexibility index (Phi) is 6.93. The summed E-state index contributed by atoms with van der Waals surface area (Å²) in [4.78, 5) is 13.8. The lowest BCUT2D eigenvalue weighted by Crippen LogP contribution is -2.29. The minimum atomic E-state index is -1.02. The third-order valence-electron chi connectivity index (χ3n) is 6.23. The molecule has 190 valence electrons. The van der Waals surface area contributed by atoms with Crippen LogP contribution in [-0.4, -0.2) is 18.2 Å². The van der Waals surface area contributed by atoms with E-state index in [1.165, 1.54) is 37.2 Å². The van der Waals surface area contributed by atoms with Gasteiger partial charge < -0.3 is 9.47 Å². The molecule has 0 radical (unpaired) electrons. The smallest absolute Gasteiger partial charge is 0.345 e. The van der Waals surface area contributed by atoms with Crippen molar-refractivity contribution < 1.29 is 18.7 Å². The van der Waals surface area contributed by atoms with Gasteiger partial charge in [0.05, 0.1) is 0 Å². The van der Waals surface area contributed by atoms with Gasteiger partial charge in [0.25, 0.3) is 0 Å². The number of rotatable bonds is 5. The van der Waals surface area contributed by atoms with Gasteiger partial charge in [0.15, 0.2) is 26.5 Å². The molecule has 0 saturated heterocycles. The zero-order valence-electron chi connectivity index (χ0n) is 21.8. The van der Waals surface area contributed by atoms with Crippen molar-refractivity contribution in [2.24, 2.45) is 0 Å². The van der Waals surface area contributed by atoms with Crippen molar-refractivity contribution >= 4 is 36.6 Å². The second-order valence-electron chi connectivity index (χ2n) is 9.71. The fourth-order valence-electron chi connectivity index (χ4n) is 4.59. The van der Waals surface area contributed by atoms with Crippen molar-refractivity contribution in [3.8, 4) is 22.5 Å². The van der Waals surface area contributed by atoms with E-state index in [0.717, 1.165) is 11.1 Å². The number of fused-ring (bicyclic) bond motifs is 3. The van der Waals surface area contributed by atoms with Gasteiger partial charge in [-0.1, -0.05) is 36.1 Å². The first kappa shape index (κ1) is 25.5. The van der Waals surface area contributed by atoms with Gasteiger partial charge in [0.2, 0.25) is 0 Å². The largest absolute Gasteiger partial charge is 0.481 e. The number of aryl methyl sites for hydroxylation is 2. The molecule has 0 atom stereocenters. The van der Waals surface area contributed by atoms with Crippen LogP contribution in [0.25, 0.3) is 25.1 Å². The standard InChI is InChI=1S/C33H28FO3S/c1-22-19-26(38-29-11-7-5-9-27(29)28-10-6-8-12-30(28)38)20-23(2)32(22)36-21-31(35)37-33(3,4)18-17-24-13-15-25(34)16-14-24/h5-16,19-20H,21H2,1-4H3/q+1. The fraction of sp³-hybridized carbons (Fsp3) is 0.182. The van der Waals surface area contributed by atoms with E-state index >= 15 is 0 Å². The molecule has 0 aliphatic heterocycles. The van der Waals surface area contributed by atoms with Crippen molar-refractivity contribution in [3.63, 3.8) is 0 Å². The summed E-state index contributed by atoms with van der Waals surface area (Å²) in [6.07, 6.45) is 0. The van der Waals surface area contributed by atoms with Crippen LogP contribution < -0.4 is 4.74 Å². The minimum Gasteiger partial charge on any atom is -0.481 e. The van der Waals surface area contributed by atoms with E-state index in [2.05, 4.69) is 72.5 Å². The molecule has 5 rings (SSSR count). The summed E-state index contributed by atoms with van der Waals surface area (Å²) < 4.78 is 27.3. The van der Waals surface area contributed by atoms with Crippen LogP contribution in [0.15, 0.2) is 84.9 Å². The van der Waals surface area contributed by atoms with Crippen LogP contribution in [-0.2, 0) is 9.53 Å². The average Bonchev–Trinajstić information content (AvgIpc) is 3.22. The Morgan fingerprint density at radius 3 is 2.00 bits per heavy atom. The molecule has 0 saturated carbocycles. The molecule has 38 heavy (non-hydrogen) atoms. The van der Waals surface area contributed by atoms with E-state index < -0.39 is 11.6 Å². The lowest BCUT2D eigenvalue weighted by molar-refractivity contribution is -0.154. The second-order valence-corrected chi connectivity index (χ2v) is 11.7. The Morgan fingerprint density at radius 1 is 0.868 bits per heavy atom. The molecule has 0 aliphatic rings. The summed E-state index contributed by atoms with van der Waals surface area (Å²) in [5.41, 5.74) is 1.56. The second kappa shape index (κ2) is 10.3. The van der Waals surface area contributed by atoms with Gasteiger partial charge in [-0.2, -0.15) is 0 Å². The number of ether oxygens (including phenoxy) is 2. The zero-order chi connectivity index (χ0) is 26.9. The highest BCUT2D eigenvalue weighted by molar-refractivity contribution is 7.50. The molecule has 0 spiro atoms. The molecular weight excluding hydrogens is 495 g/mol. The topological polar surface area (TPSA) is 35.5 Å². The van der Waals surface area contributed by atoms with Crippen molar-refractivity contribution in [2.75, 3.05) is 6.61 Å². The first-order chi connectivity index (χ1) is 18.2. The summed E-state index contributed by atoms with van der Waals surface area (Å²) in [6.45, 7) is 7.22. The molecule has 0 bridgehead atoms. The van der Waals surface area contributed by atoms with Crippen LogP contribution in [0.2, 0.25) is 0 Å². The highest BCUT2D eigenvalue weighted by Crippen LogP contribution is 2.49. The molecule has 0 unspecified atom stereocenters. The molecule has 4 aromatic carbocycles. The van der Waals surface area contributed by atoms with Gasteiger partial charge >= 0.3 is 5.97 Å². The number of halogens is 1. The molecule has 5 heteroatoms. The summed E-state index contributed by atoms with van der Waals surface area (Å²) >= 11 is 0. The first-order valence-corrected chi connectivity index (χ1v) is 13.6. The van der Waals surface area contributed by atoms with Crippen LogP contribution >= 0.6 is 10.5 Å². The summed E-state index contributed by atoms with van der Waals surface area (Å²) in [5, 5.41) is 2.57. The summed E-state index contributed by atoms with van der Waals surface area (Å²) in [7, 11) is -0.198. The van der Waals surface area contributed by atoms with Crippen LogP contribution in [0.3, 0.4) is 0 Å².